The van der Waals surface area contributed by atoms with Crippen LogP contribution in [0.4, 0.5) is 0 Å². The molecule has 2 aliphatic heterocycles. The van der Waals surface area contributed by atoms with Crippen LogP contribution in [0, 0.1) is 0 Å². The minimum atomic E-state index is -0.584. The Kier molecular flexibility index (Phi) is 2.87. The first-order chi connectivity index (χ1) is 7.33. The number of rotatable bonds is 2. The average Bonchev–Trinajstić information content (AvgIpc) is 2.65. The molecular formula is C12H20O4. The highest BCUT2D eigenvalue weighted by atomic mass is 16.8. The van der Waals surface area contributed by atoms with E-state index in [-0.39, 0.29) is 18.3 Å². The molecule has 0 aromatic rings. The summed E-state index contributed by atoms with van der Waals surface area (Å²) >= 11 is 0. The van der Waals surface area contributed by atoms with E-state index in [9.17, 15) is 0 Å². The van der Waals surface area contributed by atoms with E-state index in [1.807, 2.05) is 27.7 Å². The van der Waals surface area contributed by atoms with E-state index in [4.69, 9.17) is 18.9 Å². The smallest absolute Gasteiger partial charge is 0.164 e. The van der Waals surface area contributed by atoms with Crippen LogP contribution in [0.3, 0.4) is 0 Å². The highest BCUT2D eigenvalue weighted by molar-refractivity contribution is 4.98. The lowest BCUT2D eigenvalue weighted by molar-refractivity contribution is -0.174. The van der Waals surface area contributed by atoms with Crippen molar-refractivity contribution in [1.82, 2.24) is 0 Å². The Morgan fingerprint density at radius 2 is 1.75 bits per heavy atom. The summed E-state index contributed by atoms with van der Waals surface area (Å²) in [5.41, 5.74) is 0. The summed E-state index contributed by atoms with van der Waals surface area (Å²) in [4.78, 5) is 0. The second-order valence-corrected chi connectivity index (χ2v) is 5.17. The van der Waals surface area contributed by atoms with Crippen molar-refractivity contribution >= 4 is 0 Å². The minimum absolute atomic E-state index is 0.0974. The fraction of sp³-hybridized carbons (Fsp3) is 0.833. The molecule has 0 unspecified atom stereocenters. The lowest BCUT2D eigenvalue weighted by atomic mass is 10.1. The predicted octanol–water partition coefficient (Wildman–Crippen LogP) is 1.84. The van der Waals surface area contributed by atoms with Gasteiger partial charge in [0.2, 0.25) is 0 Å². The van der Waals surface area contributed by atoms with Crippen LogP contribution in [0.2, 0.25) is 0 Å². The van der Waals surface area contributed by atoms with Gasteiger partial charge in [0, 0.05) is 0 Å². The normalized spacial score (nSPS) is 41.1. The van der Waals surface area contributed by atoms with Crippen LogP contribution in [0.15, 0.2) is 12.7 Å². The Morgan fingerprint density at radius 1 is 1.06 bits per heavy atom. The number of hydrogen-bond acceptors (Lipinski definition) is 4. The molecule has 2 fully saturated rings. The van der Waals surface area contributed by atoms with Gasteiger partial charge in [-0.05, 0) is 27.7 Å². The Hall–Kier alpha value is -0.420. The van der Waals surface area contributed by atoms with Crippen molar-refractivity contribution in [3.8, 4) is 0 Å². The molecule has 3 atom stereocenters. The van der Waals surface area contributed by atoms with Crippen LogP contribution >= 0.6 is 0 Å². The van der Waals surface area contributed by atoms with Gasteiger partial charge in [0.15, 0.2) is 11.6 Å². The monoisotopic (exact) mass is 227 g/mol. The van der Waals surface area contributed by atoms with E-state index < -0.39 is 11.6 Å². The first-order valence-corrected chi connectivity index (χ1v) is 5.63. The van der Waals surface area contributed by atoms with Gasteiger partial charge in [-0.3, -0.25) is 0 Å². The van der Waals surface area contributed by atoms with E-state index in [2.05, 4.69) is 6.58 Å². The predicted molar refractivity (Wildman–Crippen MR) is 58.9 cm³/mol. The van der Waals surface area contributed by atoms with Gasteiger partial charge < -0.3 is 18.9 Å². The molecule has 0 spiro atoms. The van der Waals surface area contributed by atoms with Gasteiger partial charge >= 0.3 is 0 Å². The molecule has 4 heteroatoms. The summed E-state index contributed by atoms with van der Waals surface area (Å²) in [6, 6.07) is 0. The summed E-state index contributed by atoms with van der Waals surface area (Å²) in [5, 5.41) is 0. The van der Waals surface area contributed by atoms with Gasteiger partial charge in [0.1, 0.15) is 18.3 Å². The molecule has 0 saturated carbocycles. The maximum atomic E-state index is 5.83. The van der Waals surface area contributed by atoms with Gasteiger partial charge in [-0.1, -0.05) is 6.08 Å². The zero-order valence-electron chi connectivity index (χ0n) is 10.4. The SMILES string of the molecule is CC1(C)O[C@H]([C@H]2COC(C)(C)O2)[C@@H](C=[11CH2])O1. The Morgan fingerprint density at radius 3 is 2.25 bits per heavy atom. The van der Waals surface area contributed by atoms with Gasteiger partial charge in [0.05, 0.1) is 6.61 Å². The summed E-state index contributed by atoms with van der Waals surface area (Å²) in [6.45, 7) is 11.9. The number of ether oxygens (including phenoxy) is 4. The van der Waals surface area contributed by atoms with Crippen LogP contribution in [-0.2, 0) is 18.9 Å². The van der Waals surface area contributed by atoms with Crippen molar-refractivity contribution < 1.29 is 18.9 Å². The van der Waals surface area contributed by atoms with Crippen molar-refractivity contribution in [3.63, 3.8) is 0 Å². The largest absolute Gasteiger partial charge is 0.348 e. The van der Waals surface area contributed by atoms with E-state index in [0.29, 0.717) is 6.61 Å². The Balaban J connectivity index is 2.07. The van der Waals surface area contributed by atoms with Crippen molar-refractivity contribution in [1.29, 1.82) is 0 Å². The van der Waals surface area contributed by atoms with Gasteiger partial charge in [-0.25, -0.2) is 0 Å². The molecule has 2 aliphatic rings. The third-order valence-corrected chi connectivity index (χ3v) is 2.79. The van der Waals surface area contributed by atoms with E-state index in [1.165, 1.54) is 0 Å². The van der Waals surface area contributed by atoms with Crippen molar-refractivity contribution in [2.75, 3.05) is 6.61 Å². The van der Waals surface area contributed by atoms with E-state index in [0.717, 1.165) is 0 Å². The van der Waals surface area contributed by atoms with E-state index >= 15 is 0 Å². The van der Waals surface area contributed by atoms with Gasteiger partial charge in [-0.2, -0.15) is 0 Å². The maximum Gasteiger partial charge on any atom is 0.164 e. The first-order valence-electron chi connectivity index (χ1n) is 5.63. The molecule has 4 nitrogen and oxygen atoms in total. The highest BCUT2D eigenvalue weighted by Gasteiger charge is 2.48. The van der Waals surface area contributed by atoms with Crippen LogP contribution < -0.4 is 0 Å². The van der Waals surface area contributed by atoms with Crippen LogP contribution in [0.5, 0.6) is 0 Å². The minimum Gasteiger partial charge on any atom is -0.348 e. The van der Waals surface area contributed by atoms with Crippen molar-refractivity contribution in [2.45, 2.75) is 57.6 Å². The third-order valence-electron chi connectivity index (χ3n) is 2.79. The van der Waals surface area contributed by atoms with Gasteiger partial charge in [0.25, 0.3) is 0 Å². The topological polar surface area (TPSA) is 36.9 Å². The highest BCUT2D eigenvalue weighted by Crippen LogP contribution is 2.35. The molecule has 0 amide bonds. The summed E-state index contributed by atoms with van der Waals surface area (Å²) in [6.07, 6.45) is 1.38. The van der Waals surface area contributed by atoms with Gasteiger partial charge in [-0.15, -0.1) is 6.58 Å². The molecule has 92 valence electrons. The molecule has 0 radical (unpaired) electrons. The standard InChI is InChI=1S/C12H20O4/c1-6-8-10(16-12(4,5)14-8)9-7-13-11(2,3)15-9/h6,8-10H,1,7H2,2-5H3/t8-,9-,10+/m1/s1/i1-1. The zero-order valence-corrected chi connectivity index (χ0v) is 10.4. The van der Waals surface area contributed by atoms with Crippen molar-refractivity contribution in [3.05, 3.63) is 12.7 Å². The fourth-order valence-corrected chi connectivity index (χ4v) is 2.16. The number of hydrogen-bond donors (Lipinski definition) is 0. The Labute approximate surface area is 96.5 Å². The molecule has 0 bridgehead atoms. The lowest BCUT2D eigenvalue weighted by Crippen LogP contribution is -2.37. The molecule has 0 N–H and O–H groups in total. The van der Waals surface area contributed by atoms with Crippen LogP contribution in [0.25, 0.3) is 0 Å². The van der Waals surface area contributed by atoms with Crippen molar-refractivity contribution in [2.24, 2.45) is 0 Å². The zero-order chi connectivity index (χ0) is 12.0. The quantitative estimate of drug-likeness (QED) is 0.675. The van der Waals surface area contributed by atoms with Crippen LogP contribution in [0.1, 0.15) is 27.7 Å². The molecule has 0 aliphatic carbocycles. The summed E-state index contributed by atoms with van der Waals surface area (Å²) < 4.78 is 22.9. The average molecular weight is 227 g/mol. The fourth-order valence-electron chi connectivity index (χ4n) is 2.16. The second kappa shape index (κ2) is 3.81. The summed E-state index contributed by atoms with van der Waals surface area (Å²) in [7, 11) is 0. The first kappa shape index (κ1) is 12.0. The molecular weight excluding hydrogens is 207 g/mol. The molecule has 2 rings (SSSR count). The molecule has 0 aromatic heterocycles. The Bertz CT molecular complexity index is 285. The summed E-state index contributed by atoms with van der Waals surface area (Å²) in [5.74, 6) is -1.12. The van der Waals surface area contributed by atoms with Crippen LogP contribution in [-0.4, -0.2) is 36.5 Å². The molecule has 16 heavy (non-hydrogen) atoms. The third kappa shape index (κ3) is 2.30. The molecule has 2 heterocycles. The molecule has 0 aromatic carbocycles. The van der Waals surface area contributed by atoms with E-state index in [1.54, 1.807) is 6.08 Å². The maximum absolute atomic E-state index is 5.83. The second-order valence-electron chi connectivity index (χ2n) is 5.17. The lowest BCUT2D eigenvalue weighted by Gasteiger charge is -2.22. The molecule has 2 saturated heterocycles.